The van der Waals surface area contributed by atoms with E-state index < -0.39 is 0 Å². The lowest BCUT2D eigenvalue weighted by Crippen LogP contribution is -2.21. The number of fused-ring (bicyclic) bond motifs is 1. The largest absolute Gasteiger partial charge is 0.322 e. The maximum Gasteiger partial charge on any atom is 0.168 e. The van der Waals surface area contributed by atoms with Crippen LogP contribution in [-0.2, 0) is 0 Å². The number of hydrogen-bond acceptors (Lipinski definition) is 3. The zero-order chi connectivity index (χ0) is 8.13. The third-order valence-electron chi connectivity index (χ3n) is 2.66. The Hall–Kier alpha value is -0.440. The van der Waals surface area contributed by atoms with E-state index in [1.165, 1.54) is 22.9 Å². The van der Waals surface area contributed by atoms with Gasteiger partial charge in [0.2, 0.25) is 0 Å². The Balaban J connectivity index is 1.97. The Morgan fingerprint density at radius 1 is 1.50 bits per heavy atom. The number of aliphatic imine (C=N–C) groups is 1. The van der Waals surface area contributed by atoms with E-state index in [4.69, 9.17) is 0 Å². The molecule has 64 valence electrons. The molecule has 1 saturated carbocycles. The first-order valence-electron chi connectivity index (χ1n) is 4.57. The van der Waals surface area contributed by atoms with Crippen molar-refractivity contribution in [2.24, 2.45) is 10.9 Å². The second-order valence-electron chi connectivity index (χ2n) is 3.63. The Labute approximate surface area is 76.7 Å². The van der Waals surface area contributed by atoms with Gasteiger partial charge in [-0.1, -0.05) is 11.8 Å². The Bertz CT molecular complexity index is 289. The molecule has 0 aromatic carbocycles. The average Bonchev–Trinajstić information content (AvgIpc) is 2.66. The summed E-state index contributed by atoms with van der Waals surface area (Å²) in [5.74, 6) is 0.878. The van der Waals surface area contributed by atoms with Crippen LogP contribution in [0.25, 0.3) is 0 Å². The van der Waals surface area contributed by atoms with Crippen LogP contribution in [0.1, 0.15) is 19.8 Å². The molecule has 0 bridgehead atoms. The topological polar surface area (TPSA) is 15.6 Å². The highest BCUT2D eigenvalue weighted by Crippen LogP contribution is 2.47. The first-order valence-corrected chi connectivity index (χ1v) is 5.38. The summed E-state index contributed by atoms with van der Waals surface area (Å²) < 4.78 is 0. The number of allylic oxidation sites excluding steroid dienone is 2. The molecule has 2 heterocycles. The molecule has 0 N–H and O–H groups in total. The minimum atomic E-state index is 0.878. The van der Waals surface area contributed by atoms with Crippen LogP contribution in [0, 0.1) is 5.92 Å². The SMILES string of the molecule is CC1=C(C2CC2)N2CCN=C2S1. The van der Waals surface area contributed by atoms with E-state index in [0.717, 1.165) is 19.0 Å². The first kappa shape index (κ1) is 7.01. The number of amidine groups is 1. The maximum absolute atomic E-state index is 4.47. The fraction of sp³-hybridized carbons (Fsp3) is 0.667. The van der Waals surface area contributed by atoms with E-state index in [-0.39, 0.29) is 0 Å². The van der Waals surface area contributed by atoms with Gasteiger partial charge >= 0.3 is 0 Å². The van der Waals surface area contributed by atoms with Gasteiger partial charge in [0.05, 0.1) is 6.54 Å². The van der Waals surface area contributed by atoms with E-state index in [1.807, 2.05) is 11.8 Å². The molecule has 0 spiro atoms. The third-order valence-corrected chi connectivity index (χ3v) is 3.71. The zero-order valence-electron chi connectivity index (χ0n) is 7.21. The lowest BCUT2D eigenvalue weighted by Gasteiger charge is -2.15. The highest BCUT2D eigenvalue weighted by molar-refractivity contribution is 8.17. The molecule has 2 aliphatic heterocycles. The van der Waals surface area contributed by atoms with Crippen molar-refractivity contribution in [3.8, 4) is 0 Å². The van der Waals surface area contributed by atoms with E-state index in [2.05, 4.69) is 16.8 Å². The fourth-order valence-electron chi connectivity index (χ4n) is 1.98. The molecule has 0 saturated heterocycles. The van der Waals surface area contributed by atoms with Crippen molar-refractivity contribution in [3.05, 3.63) is 10.6 Å². The van der Waals surface area contributed by atoms with Crippen LogP contribution in [-0.4, -0.2) is 23.2 Å². The van der Waals surface area contributed by atoms with E-state index in [1.54, 1.807) is 5.70 Å². The number of rotatable bonds is 1. The van der Waals surface area contributed by atoms with Gasteiger partial charge in [-0.3, -0.25) is 4.99 Å². The second kappa shape index (κ2) is 2.28. The van der Waals surface area contributed by atoms with Crippen LogP contribution in [0.4, 0.5) is 0 Å². The standard InChI is InChI=1S/C9H12N2S/c1-6-8(7-2-3-7)11-5-4-10-9(11)12-6/h7H,2-5H2,1H3. The minimum absolute atomic E-state index is 0.878. The van der Waals surface area contributed by atoms with E-state index in [9.17, 15) is 0 Å². The molecule has 0 amide bonds. The number of nitrogens with zero attached hydrogens (tertiary/aromatic N) is 2. The zero-order valence-corrected chi connectivity index (χ0v) is 8.02. The predicted octanol–water partition coefficient (Wildman–Crippen LogP) is 2.05. The van der Waals surface area contributed by atoms with Gasteiger partial charge in [0, 0.05) is 23.1 Å². The Morgan fingerprint density at radius 3 is 3.08 bits per heavy atom. The summed E-state index contributed by atoms with van der Waals surface area (Å²) in [5, 5.41) is 1.26. The Morgan fingerprint density at radius 2 is 2.33 bits per heavy atom. The van der Waals surface area contributed by atoms with Crippen molar-refractivity contribution >= 4 is 16.9 Å². The van der Waals surface area contributed by atoms with Crippen LogP contribution in [0.5, 0.6) is 0 Å². The van der Waals surface area contributed by atoms with Gasteiger partial charge in [-0.2, -0.15) is 0 Å². The van der Waals surface area contributed by atoms with Gasteiger partial charge in [-0.05, 0) is 19.8 Å². The summed E-state index contributed by atoms with van der Waals surface area (Å²) >= 11 is 1.87. The van der Waals surface area contributed by atoms with Gasteiger partial charge < -0.3 is 4.90 Å². The van der Waals surface area contributed by atoms with Crippen LogP contribution in [0.15, 0.2) is 15.6 Å². The van der Waals surface area contributed by atoms with Crippen LogP contribution >= 0.6 is 11.8 Å². The molecule has 3 aliphatic rings. The van der Waals surface area contributed by atoms with E-state index >= 15 is 0 Å². The van der Waals surface area contributed by atoms with Crippen LogP contribution < -0.4 is 0 Å². The molecule has 0 aromatic heterocycles. The molecule has 0 atom stereocenters. The van der Waals surface area contributed by atoms with Gasteiger partial charge in [-0.25, -0.2) is 0 Å². The molecule has 1 fully saturated rings. The summed E-state index contributed by atoms with van der Waals surface area (Å²) in [5.41, 5.74) is 1.59. The minimum Gasteiger partial charge on any atom is -0.322 e. The fourth-order valence-corrected chi connectivity index (χ4v) is 3.09. The quantitative estimate of drug-likeness (QED) is 0.613. The van der Waals surface area contributed by atoms with Crippen molar-refractivity contribution in [1.82, 2.24) is 4.90 Å². The molecule has 3 rings (SSSR count). The van der Waals surface area contributed by atoms with Crippen LogP contribution in [0.2, 0.25) is 0 Å². The van der Waals surface area contributed by atoms with Crippen LogP contribution in [0.3, 0.4) is 0 Å². The predicted molar refractivity (Wildman–Crippen MR) is 52.0 cm³/mol. The molecule has 0 radical (unpaired) electrons. The molecule has 2 nitrogen and oxygen atoms in total. The Kier molecular flexibility index (Phi) is 1.33. The maximum atomic E-state index is 4.47. The number of thioether (sulfide) groups is 1. The highest BCUT2D eigenvalue weighted by atomic mass is 32.2. The monoisotopic (exact) mass is 180 g/mol. The molecule has 0 aromatic rings. The van der Waals surface area contributed by atoms with Gasteiger partial charge in [-0.15, -0.1) is 0 Å². The van der Waals surface area contributed by atoms with Gasteiger partial charge in [0.1, 0.15) is 0 Å². The summed E-state index contributed by atoms with van der Waals surface area (Å²) in [6, 6.07) is 0. The summed E-state index contributed by atoms with van der Waals surface area (Å²) in [4.78, 5) is 8.40. The van der Waals surface area contributed by atoms with Crippen molar-refractivity contribution in [2.75, 3.05) is 13.1 Å². The molecular weight excluding hydrogens is 168 g/mol. The third kappa shape index (κ3) is 0.859. The number of hydrogen-bond donors (Lipinski definition) is 0. The summed E-state index contributed by atoms with van der Waals surface area (Å²) in [6.07, 6.45) is 2.80. The lowest BCUT2D eigenvalue weighted by atomic mass is 10.2. The summed E-state index contributed by atoms with van der Waals surface area (Å²) in [7, 11) is 0. The molecule has 1 aliphatic carbocycles. The highest BCUT2D eigenvalue weighted by Gasteiger charge is 2.38. The van der Waals surface area contributed by atoms with Crippen molar-refractivity contribution in [3.63, 3.8) is 0 Å². The first-order chi connectivity index (χ1) is 5.86. The van der Waals surface area contributed by atoms with Crippen molar-refractivity contribution in [1.29, 1.82) is 0 Å². The molecule has 12 heavy (non-hydrogen) atoms. The molecule has 0 unspecified atom stereocenters. The normalized spacial score (nSPS) is 28.1. The van der Waals surface area contributed by atoms with Crippen molar-refractivity contribution in [2.45, 2.75) is 19.8 Å². The average molecular weight is 180 g/mol. The molecule has 3 heteroatoms. The summed E-state index contributed by atoms with van der Waals surface area (Å²) in [6.45, 7) is 4.37. The van der Waals surface area contributed by atoms with Crippen molar-refractivity contribution < 1.29 is 0 Å². The smallest absolute Gasteiger partial charge is 0.168 e. The molecular formula is C9H12N2S. The lowest BCUT2D eigenvalue weighted by molar-refractivity contribution is 0.534. The van der Waals surface area contributed by atoms with Gasteiger partial charge in [0.15, 0.2) is 5.17 Å². The van der Waals surface area contributed by atoms with E-state index in [0.29, 0.717) is 0 Å². The van der Waals surface area contributed by atoms with Gasteiger partial charge in [0.25, 0.3) is 0 Å². The second-order valence-corrected chi connectivity index (χ2v) is 4.82.